The normalized spacial score (nSPS) is 16.9. The molecule has 1 fully saturated rings. The fourth-order valence-corrected chi connectivity index (χ4v) is 3.28. The first-order valence-corrected chi connectivity index (χ1v) is 9.65. The Labute approximate surface area is 162 Å². The van der Waals surface area contributed by atoms with E-state index in [-0.39, 0.29) is 12.1 Å². The Bertz CT molecular complexity index is 598. The van der Waals surface area contributed by atoms with E-state index in [4.69, 9.17) is 4.74 Å². The van der Waals surface area contributed by atoms with Crippen LogP contribution in [-0.2, 0) is 4.74 Å². The van der Waals surface area contributed by atoms with Crippen LogP contribution in [0.4, 0.5) is 4.79 Å². The van der Waals surface area contributed by atoms with Gasteiger partial charge in [-0.2, -0.15) is 0 Å². The SMILES string of the molecule is CCOC(=O)N1CCC(NC(=NC)NCC(c2ccccc2)N(C)C)CC1. The Morgan fingerprint density at radius 1 is 1.30 bits per heavy atom. The van der Waals surface area contributed by atoms with Gasteiger partial charge in [0.1, 0.15) is 0 Å². The molecule has 0 radical (unpaired) electrons. The first kappa shape index (κ1) is 21.0. The molecule has 7 heteroatoms. The number of carbonyl (C=O) groups excluding carboxylic acids is 1. The Morgan fingerprint density at radius 3 is 2.52 bits per heavy atom. The highest BCUT2D eigenvalue weighted by atomic mass is 16.6. The molecule has 1 aliphatic rings. The molecular weight excluding hydrogens is 342 g/mol. The number of benzene rings is 1. The molecule has 7 nitrogen and oxygen atoms in total. The van der Waals surface area contributed by atoms with Gasteiger partial charge < -0.3 is 25.2 Å². The number of hydrogen-bond acceptors (Lipinski definition) is 4. The van der Waals surface area contributed by atoms with Crippen LogP contribution in [-0.4, -0.2) is 75.3 Å². The van der Waals surface area contributed by atoms with Crippen molar-refractivity contribution in [3.05, 3.63) is 35.9 Å². The van der Waals surface area contributed by atoms with Gasteiger partial charge in [-0.15, -0.1) is 0 Å². The van der Waals surface area contributed by atoms with Gasteiger partial charge in [0.25, 0.3) is 0 Å². The topological polar surface area (TPSA) is 69.2 Å². The largest absolute Gasteiger partial charge is 0.450 e. The quantitative estimate of drug-likeness (QED) is 0.588. The highest BCUT2D eigenvalue weighted by Crippen LogP contribution is 2.17. The Hall–Kier alpha value is -2.28. The van der Waals surface area contributed by atoms with E-state index in [0.717, 1.165) is 25.3 Å². The van der Waals surface area contributed by atoms with E-state index in [1.807, 2.05) is 13.0 Å². The molecule has 0 aliphatic carbocycles. The molecule has 150 valence electrons. The smallest absolute Gasteiger partial charge is 0.409 e. The molecule has 27 heavy (non-hydrogen) atoms. The van der Waals surface area contributed by atoms with Gasteiger partial charge in [0.05, 0.1) is 12.6 Å². The third-order valence-corrected chi connectivity index (χ3v) is 4.86. The average Bonchev–Trinajstić information content (AvgIpc) is 2.68. The second-order valence-corrected chi connectivity index (χ2v) is 6.95. The number of likely N-dealkylation sites (N-methyl/N-ethyl adjacent to an activating group) is 1. The van der Waals surface area contributed by atoms with E-state index in [2.05, 4.69) is 58.9 Å². The lowest BCUT2D eigenvalue weighted by atomic mass is 10.1. The molecule has 1 aliphatic heterocycles. The minimum Gasteiger partial charge on any atom is -0.450 e. The van der Waals surface area contributed by atoms with Crippen molar-refractivity contribution in [2.75, 3.05) is 47.4 Å². The van der Waals surface area contributed by atoms with Crippen molar-refractivity contribution in [2.24, 2.45) is 4.99 Å². The van der Waals surface area contributed by atoms with Crippen LogP contribution in [0.1, 0.15) is 31.4 Å². The number of guanidine groups is 1. The fourth-order valence-electron chi connectivity index (χ4n) is 3.28. The number of nitrogens with one attached hydrogen (secondary N) is 2. The Kier molecular flexibility index (Phi) is 8.39. The molecule has 1 aromatic rings. The lowest BCUT2D eigenvalue weighted by Gasteiger charge is -2.33. The molecule has 1 heterocycles. The van der Waals surface area contributed by atoms with E-state index in [1.54, 1.807) is 11.9 Å². The zero-order valence-corrected chi connectivity index (χ0v) is 16.9. The molecule has 0 saturated carbocycles. The van der Waals surface area contributed by atoms with Gasteiger partial charge in [-0.25, -0.2) is 4.79 Å². The van der Waals surface area contributed by atoms with Crippen LogP contribution in [0.5, 0.6) is 0 Å². The van der Waals surface area contributed by atoms with Crippen LogP contribution in [0.15, 0.2) is 35.3 Å². The monoisotopic (exact) mass is 375 g/mol. The zero-order chi connectivity index (χ0) is 19.6. The van der Waals surface area contributed by atoms with Crippen molar-refractivity contribution in [3.63, 3.8) is 0 Å². The molecular formula is C20H33N5O2. The maximum atomic E-state index is 11.8. The summed E-state index contributed by atoms with van der Waals surface area (Å²) in [6.45, 7) is 4.42. The minimum atomic E-state index is -0.213. The number of aliphatic imine (C=N–C) groups is 1. The summed E-state index contributed by atoms with van der Waals surface area (Å²) in [5.74, 6) is 0.798. The van der Waals surface area contributed by atoms with Gasteiger partial charge >= 0.3 is 6.09 Å². The minimum absolute atomic E-state index is 0.213. The number of carbonyl (C=O) groups is 1. The predicted molar refractivity (Wildman–Crippen MR) is 109 cm³/mol. The van der Waals surface area contributed by atoms with Crippen molar-refractivity contribution < 1.29 is 9.53 Å². The van der Waals surface area contributed by atoms with E-state index in [9.17, 15) is 4.79 Å². The molecule has 0 bridgehead atoms. The lowest BCUT2D eigenvalue weighted by Crippen LogP contribution is -2.50. The standard InChI is InChI=1S/C20H33N5O2/c1-5-27-20(26)25-13-11-17(12-14-25)23-19(21-2)22-15-18(24(3)4)16-9-7-6-8-10-16/h6-10,17-18H,5,11-15H2,1-4H3,(H2,21,22,23). The summed E-state index contributed by atoms with van der Waals surface area (Å²) in [5.41, 5.74) is 1.27. The van der Waals surface area contributed by atoms with Crippen LogP contribution >= 0.6 is 0 Å². The summed E-state index contributed by atoms with van der Waals surface area (Å²) in [4.78, 5) is 20.1. The highest BCUT2D eigenvalue weighted by molar-refractivity contribution is 5.80. The average molecular weight is 376 g/mol. The summed E-state index contributed by atoms with van der Waals surface area (Å²) >= 11 is 0. The van der Waals surface area contributed by atoms with Gasteiger partial charge in [-0.1, -0.05) is 30.3 Å². The third-order valence-electron chi connectivity index (χ3n) is 4.86. The summed E-state index contributed by atoms with van der Waals surface area (Å²) in [7, 11) is 5.96. The summed E-state index contributed by atoms with van der Waals surface area (Å²) in [6, 6.07) is 11.0. The number of nitrogens with zero attached hydrogens (tertiary/aromatic N) is 3. The number of piperidine rings is 1. The van der Waals surface area contributed by atoms with E-state index in [1.165, 1.54) is 5.56 Å². The van der Waals surface area contributed by atoms with Crippen molar-refractivity contribution in [3.8, 4) is 0 Å². The molecule has 2 N–H and O–H groups in total. The van der Waals surface area contributed by atoms with Crippen molar-refractivity contribution in [1.82, 2.24) is 20.4 Å². The number of likely N-dealkylation sites (tertiary alicyclic amines) is 1. The molecule has 1 saturated heterocycles. The van der Waals surface area contributed by atoms with Crippen molar-refractivity contribution >= 4 is 12.1 Å². The van der Waals surface area contributed by atoms with E-state index >= 15 is 0 Å². The predicted octanol–water partition coefficient (Wildman–Crippen LogP) is 2.08. The number of hydrogen-bond donors (Lipinski definition) is 2. The fraction of sp³-hybridized carbons (Fsp3) is 0.600. The third kappa shape index (κ3) is 6.43. The number of ether oxygens (including phenoxy) is 1. The van der Waals surface area contributed by atoms with E-state index < -0.39 is 0 Å². The van der Waals surface area contributed by atoms with Gasteiger partial charge in [-0.05, 0) is 39.4 Å². The summed E-state index contributed by atoms with van der Waals surface area (Å²) in [6.07, 6.45) is 1.56. The van der Waals surface area contributed by atoms with Gasteiger partial charge in [0.15, 0.2) is 5.96 Å². The molecule has 2 rings (SSSR count). The van der Waals surface area contributed by atoms with Crippen LogP contribution in [0, 0.1) is 0 Å². The number of amides is 1. The molecule has 0 spiro atoms. The van der Waals surface area contributed by atoms with Gasteiger partial charge in [0, 0.05) is 32.7 Å². The Morgan fingerprint density at radius 2 is 1.96 bits per heavy atom. The zero-order valence-electron chi connectivity index (χ0n) is 16.9. The Balaban J connectivity index is 1.83. The van der Waals surface area contributed by atoms with Gasteiger partial charge in [-0.3, -0.25) is 4.99 Å². The van der Waals surface area contributed by atoms with Crippen LogP contribution in [0.25, 0.3) is 0 Å². The van der Waals surface area contributed by atoms with Crippen LogP contribution in [0.3, 0.4) is 0 Å². The molecule has 1 aromatic carbocycles. The second kappa shape index (κ2) is 10.8. The summed E-state index contributed by atoms with van der Waals surface area (Å²) < 4.78 is 5.07. The summed E-state index contributed by atoms with van der Waals surface area (Å²) in [5, 5.41) is 6.93. The first-order chi connectivity index (χ1) is 13.0. The van der Waals surface area contributed by atoms with Crippen LogP contribution < -0.4 is 10.6 Å². The molecule has 1 amide bonds. The molecule has 1 unspecified atom stereocenters. The first-order valence-electron chi connectivity index (χ1n) is 9.65. The van der Waals surface area contributed by atoms with Crippen molar-refractivity contribution in [2.45, 2.75) is 31.8 Å². The highest BCUT2D eigenvalue weighted by Gasteiger charge is 2.24. The maximum absolute atomic E-state index is 11.8. The second-order valence-electron chi connectivity index (χ2n) is 6.95. The van der Waals surface area contributed by atoms with Crippen LogP contribution in [0.2, 0.25) is 0 Å². The van der Waals surface area contributed by atoms with Gasteiger partial charge in [0.2, 0.25) is 0 Å². The molecule has 1 atom stereocenters. The van der Waals surface area contributed by atoms with E-state index in [0.29, 0.717) is 25.7 Å². The van der Waals surface area contributed by atoms with Crippen molar-refractivity contribution in [1.29, 1.82) is 0 Å². The number of rotatable bonds is 6. The lowest BCUT2D eigenvalue weighted by molar-refractivity contribution is 0.0963. The maximum Gasteiger partial charge on any atom is 0.409 e. The molecule has 0 aromatic heterocycles.